The van der Waals surface area contributed by atoms with E-state index in [1.165, 1.54) is 0 Å². The van der Waals surface area contributed by atoms with Crippen LogP contribution in [0.5, 0.6) is 0 Å². The van der Waals surface area contributed by atoms with E-state index in [0.717, 1.165) is 18.3 Å². The van der Waals surface area contributed by atoms with E-state index in [1.54, 1.807) is 6.07 Å². The normalized spacial score (nSPS) is 8.92. The fraction of sp³-hybridized carbons (Fsp3) is 0.200. The zero-order valence-corrected chi connectivity index (χ0v) is 6.66. The van der Waals surface area contributed by atoms with E-state index in [1.807, 2.05) is 18.2 Å². The van der Waals surface area contributed by atoms with Crippen LogP contribution in [0, 0.1) is 6.57 Å². The lowest BCUT2D eigenvalue weighted by atomic mass is 10.1. The molecule has 0 aliphatic heterocycles. The monoisotopic (exact) mass is 159 g/mol. The van der Waals surface area contributed by atoms with Crippen LogP contribution in [0.2, 0.25) is 0 Å². The minimum absolute atomic E-state index is 0.488. The van der Waals surface area contributed by atoms with E-state index in [0.29, 0.717) is 12.1 Å². The Morgan fingerprint density at radius 2 is 2.33 bits per heavy atom. The molecular weight excluding hydrogens is 150 g/mol. The number of nitrogens with zero attached hydrogens (tertiary/aromatic N) is 1. The van der Waals surface area contributed by atoms with Crippen molar-refractivity contribution in [2.75, 3.05) is 6.54 Å². The maximum Gasteiger partial charge on any atom is 0.218 e. The first kappa shape index (κ1) is 8.48. The molecule has 60 valence electrons. The van der Waals surface area contributed by atoms with Gasteiger partial charge in [-0.25, -0.2) is 6.57 Å². The highest BCUT2D eigenvalue weighted by Gasteiger charge is 1.95. The summed E-state index contributed by atoms with van der Waals surface area (Å²) in [5.74, 6) is 0. The van der Waals surface area contributed by atoms with Gasteiger partial charge in [0.25, 0.3) is 0 Å². The Labute approximate surface area is 71.7 Å². The second-order valence-corrected chi connectivity index (χ2v) is 2.49. The lowest BCUT2D eigenvalue weighted by molar-refractivity contribution is 0.112. The van der Waals surface area contributed by atoms with Gasteiger partial charge in [-0.05, 0) is 11.6 Å². The summed E-state index contributed by atoms with van der Waals surface area (Å²) < 4.78 is 0. The molecule has 0 spiro atoms. The average Bonchev–Trinajstić information content (AvgIpc) is 2.15. The quantitative estimate of drug-likeness (QED) is 0.488. The highest BCUT2D eigenvalue weighted by Crippen LogP contribution is 2.03. The second kappa shape index (κ2) is 4.30. The lowest BCUT2D eigenvalue weighted by Crippen LogP contribution is -1.89. The van der Waals surface area contributed by atoms with Crippen LogP contribution in [0.3, 0.4) is 0 Å². The van der Waals surface area contributed by atoms with Crippen LogP contribution in [0.15, 0.2) is 24.3 Å². The van der Waals surface area contributed by atoms with Crippen LogP contribution < -0.4 is 0 Å². The van der Waals surface area contributed by atoms with Crippen molar-refractivity contribution in [2.24, 2.45) is 0 Å². The van der Waals surface area contributed by atoms with Crippen LogP contribution in [-0.2, 0) is 6.42 Å². The third kappa shape index (κ3) is 2.21. The van der Waals surface area contributed by atoms with Crippen molar-refractivity contribution in [1.82, 2.24) is 0 Å². The standard InChI is InChI=1S/C10H9NO/c1-11-6-5-9-3-2-4-10(7-9)8-12/h2-4,7-8H,5-6H2. The van der Waals surface area contributed by atoms with Crippen molar-refractivity contribution >= 4 is 6.29 Å². The maximum absolute atomic E-state index is 10.4. The predicted molar refractivity (Wildman–Crippen MR) is 47.0 cm³/mol. The molecule has 0 bridgehead atoms. The summed E-state index contributed by atoms with van der Waals surface area (Å²) in [7, 11) is 0. The molecule has 0 aromatic heterocycles. The first-order valence-corrected chi connectivity index (χ1v) is 3.74. The molecule has 0 aliphatic carbocycles. The molecule has 0 saturated heterocycles. The fourth-order valence-electron chi connectivity index (χ4n) is 1.01. The fourth-order valence-corrected chi connectivity index (χ4v) is 1.01. The summed E-state index contributed by atoms with van der Waals surface area (Å²) in [5, 5.41) is 0. The molecule has 2 nitrogen and oxygen atoms in total. The van der Waals surface area contributed by atoms with Gasteiger partial charge < -0.3 is 4.85 Å². The van der Waals surface area contributed by atoms with Gasteiger partial charge in [0, 0.05) is 12.0 Å². The Hall–Kier alpha value is -1.62. The van der Waals surface area contributed by atoms with Crippen molar-refractivity contribution in [3.8, 4) is 0 Å². The van der Waals surface area contributed by atoms with Crippen molar-refractivity contribution < 1.29 is 4.79 Å². The Morgan fingerprint density at radius 1 is 1.50 bits per heavy atom. The molecular formula is C10H9NO. The molecule has 12 heavy (non-hydrogen) atoms. The average molecular weight is 159 g/mol. The molecule has 0 heterocycles. The SMILES string of the molecule is [C-]#[N+]CCc1cccc(C=O)c1. The Morgan fingerprint density at radius 3 is 3.00 bits per heavy atom. The molecule has 0 amide bonds. The molecule has 1 aromatic rings. The maximum atomic E-state index is 10.4. The highest BCUT2D eigenvalue weighted by molar-refractivity contribution is 5.74. The molecule has 2 heteroatoms. The molecule has 1 aromatic carbocycles. The Balaban J connectivity index is 2.74. The van der Waals surface area contributed by atoms with Gasteiger partial charge in [-0.1, -0.05) is 18.2 Å². The number of carbonyl (C=O) groups is 1. The van der Waals surface area contributed by atoms with Gasteiger partial charge in [0.15, 0.2) is 0 Å². The molecule has 0 saturated carbocycles. The first-order chi connectivity index (χ1) is 5.86. The van der Waals surface area contributed by atoms with Gasteiger partial charge in [0.1, 0.15) is 6.29 Å². The lowest BCUT2D eigenvalue weighted by Gasteiger charge is -1.95. The van der Waals surface area contributed by atoms with Crippen LogP contribution >= 0.6 is 0 Å². The molecule has 0 aliphatic rings. The summed E-state index contributed by atoms with van der Waals surface area (Å²) >= 11 is 0. The Kier molecular flexibility index (Phi) is 3.04. The predicted octanol–water partition coefficient (Wildman–Crippen LogP) is 1.96. The third-order valence-electron chi connectivity index (χ3n) is 1.60. The van der Waals surface area contributed by atoms with Crippen LogP contribution in [0.1, 0.15) is 15.9 Å². The van der Waals surface area contributed by atoms with E-state index in [9.17, 15) is 4.79 Å². The number of aldehydes is 1. The van der Waals surface area contributed by atoms with Gasteiger partial charge in [0.2, 0.25) is 6.54 Å². The number of hydrogen-bond donors (Lipinski definition) is 0. The number of benzene rings is 1. The minimum atomic E-state index is 0.488. The van der Waals surface area contributed by atoms with Gasteiger partial charge in [-0.3, -0.25) is 4.79 Å². The van der Waals surface area contributed by atoms with Crippen LogP contribution in [0.25, 0.3) is 4.85 Å². The third-order valence-corrected chi connectivity index (χ3v) is 1.60. The first-order valence-electron chi connectivity index (χ1n) is 3.74. The van der Waals surface area contributed by atoms with Crippen molar-refractivity contribution in [3.05, 3.63) is 46.8 Å². The van der Waals surface area contributed by atoms with E-state index < -0.39 is 0 Å². The van der Waals surface area contributed by atoms with Crippen LogP contribution in [0.4, 0.5) is 0 Å². The minimum Gasteiger partial charge on any atom is -0.317 e. The number of carbonyl (C=O) groups excluding carboxylic acids is 1. The summed E-state index contributed by atoms with van der Waals surface area (Å²) in [6, 6.07) is 7.34. The molecule has 0 N–H and O–H groups in total. The summed E-state index contributed by atoms with van der Waals surface area (Å²) in [4.78, 5) is 13.6. The van der Waals surface area contributed by atoms with Crippen molar-refractivity contribution in [1.29, 1.82) is 0 Å². The summed E-state index contributed by atoms with van der Waals surface area (Å²) in [6.07, 6.45) is 1.55. The van der Waals surface area contributed by atoms with Crippen LogP contribution in [-0.4, -0.2) is 12.8 Å². The zero-order valence-electron chi connectivity index (χ0n) is 6.66. The molecule has 0 unspecified atom stereocenters. The largest absolute Gasteiger partial charge is 0.317 e. The molecule has 0 fully saturated rings. The number of rotatable bonds is 3. The second-order valence-electron chi connectivity index (χ2n) is 2.49. The van der Waals surface area contributed by atoms with E-state index >= 15 is 0 Å². The van der Waals surface area contributed by atoms with Crippen molar-refractivity contribution in [3.63, 3.8) is 0 Å². The van der Waals surface area contributed by atoms with E-state index in [4.69, 9.17) is 6.57 Å². The van der Waals surface area contributed by atoms with Crippen molar-refractivity contribution in [2.45, 2.75) is 6.42 Å². The zero-order chi connectivity index (χ0) is 8.81. The molecule has 0 radical (unpaired) electrons. The smallest absolute Gasteiger partial charge is 0.218 e. The van der Waals surface area contributed by atoms with Gasteiger partial charge in [-0.15, -0.1) is 0 Å². The van der Waals surface area contributed by atoms with E-state index in [2.05, 4.69) is 4.85 Å². The van der Waals surface area contributed by atoms with Gasteiger partial charge in [-0.2, -0.15) is 0 Å². The Bertz CT molecular complexity index is 312. The summed E-state index contributed by atoms with van der Waals surface area (Å²) in [5.41, 5.74) is 1.73. The molecule has 1 rings (SSSR count). The molecule has 0 atom stereocenters. The van der Waals surface area contributed by atoms with Gasteiger partial charge >= 0.3 is 0 Å². The number of hydrogen-bond acceptors (Lipinski definition) is 1. The summed E-state index contributed by atoms with van der Waals surface area (Å²) in [6.45, 7) is 7.09. The van der Waals surface area contributed by atoms with Gasteiger partial charge in [0.05, 0.1) is 0 Å². The van der Waals surface area contributed by atoms with E-state index in [-0.39, 0.29) is 0 Å². The highest BCUT2D eigenvalue weighted by atomic mass is 16.1. The topological polar surface area (TPSA) is 21.4 Å².